The Bertz CT molecular complexity index is 488. The predicted octanol–water partition coefficient (Wildman–Crippen LogP) is 2.24. The first-order valence-corrected chi connectivity index (χ1v) is 6.43. The van der Waals surface area contributed by atoms with Gasteiger partial charge in [0, 0.05) is 14.1 Å². The van der Waals surface area contributed by atoms with E-state index in [2.05, 4.69) is 38.3 Å². The largest absolute Gasteiger partial charge is 0.289 e. The molecule has 3 heteroatoms. The van der Waals surface area contributed by atoms with Gasteiger partial charge in [-0.25, -0.2) is 5.01 Å². The van der Waals surface area contributed by atoms with E-state index in [0.29, 0.717) is 0 Å². The van der Waals surface area contributed by atoms with E-state index in [0.717, 1.165) is 12.8 Å². The van der Waals surface area contributed by atoms with Gasteiger partial charge in [-0.2, -0.15) is 0 Å². The van der Waals surface area contributed by atoms with E-state index >= 15 is 0 Å². The first-order valence-electron chi connectivity index (χ1n) is 6.43. The van der Waals surface area contributed by atoms with Crippen LogP contribution in [0.5, 0.6) is 0 Å². The third-order valence-corrected chi connectivity index (χ3v) is 3.87. The summed E-state index contributed by atoms with van der Waals surface area (Å²) in [5.74, 6) is 0.124. The van der Waals surface area contributed by atoms with Crippen LogP contribution in [-0.2, 0) is 10.2 Å². The molecular weight excluding hydrogens is 224 g/mol. The summed E-state index contributed by atoms with van der Waals surface area (Å²) in [6.45, 7) is 6.33. The second-order valence-electron chi connectivity index (χ2n) is 5.67. The zero-order chi connectivity index (χ0) is 13.5. The van der Waals surface area contributed by atoms with Crippen molar-refractivity contribution in [2.24, 2.45) is 0 Å². The minimum Gasteiger partial charge on any atom is -0.289 e. The van der Waals surface area contributed by atoms with Gasteiger partial charge in [-0.1, -0.05) is 12.1 Å². The van der Waals surface area contributed by atoms with Gasteiger partial charge in [-0.15, -0.1) is 0 Å². The topological polar surface area (TPSA) is 32.3 Å². The van der Waals surface area contributed by atoms with Crippen LogP contribution in [0.2, 0.25) is 0 Å². The molecule has 0 bridgehead atoms. The molecule has 0 unspecified atom stereocenters. The SMILES string of the molecule is Cc1cc(C)c(C2(C(=O)NN(C)C)CC2)cc1C. The molecule has 0 aromatic heterocycles. The predicted molar refractivity (Wildman–Crippen MR) is 73.4 cm³/mol. The summed E-state index contributed by atoms with van der Waals surface area (Å²) in [5.41, 5.74) is 7.60. The summed E-state index contributed by atoms with van der Waals surface area (Å²) in [6, 6.07) is 4.38. The van der Waals surface area contributed by atoms with E-state index in [1.54, 1.807) is 5.01 Å². The van der Waals surface area contributed by atoms with Crippen LogP contribution in [0.4, 0.5) is 0 Å². The van der Waals surface area contributed by atoms with Crippen molar-refractivity contribution in [1.82, 2.24) is 10.4 Å². The molecule has 1 aromatic carbocycles. The van der Waals surface area contributed by atoms with Crippen LogP contribution in [0.1, 0.15) is 35.1 Å². The Morgan fingerprint density at radius 1 is 1.11 bits per heavy atom. The molecule has 98 valence electrons. The van der Waals surface area contributed by atoms with Gasteiger partial charge in [0.2, 0.25) is 5.91 Å². The fraction of sp³-hybridized carbons (Fsp3) is 0.533. The molecule has 1 aliphatic rings. The summed E-state index contributed by atoms with van der Waals surface area (Å²) < 4.78 is 0. The molecule has 0 radical (unpaired) electrons. The minimum atomic E-state index is -0.285. The Morgan fingerprint density at radius 2 is 1.67 bits per heavy atom. The maximum absolute atomic E-state index is 12.3. The molecule has 2 rings (SSSR count). The summed E-state index contributed by atoms with van der Waals surface area (Å²) in [5, 5.41) is 1.72. The molecule has 1 fully saturated rings. The molecule has 1 N–H and O–H groups in total. The van der Waals surface area contributed by atoms with E-state index in [1.807, 2.05) is 14.1 Å². The van der Waals surface area contributed by atoms with Gasteiger partial charge < -0.3 is 0 Å². The number of hydrogen-bond acceptors (Lipinski definition) is 2. The normalized spacial score (nSPS) is 16.8. The van der Waals surface area contributed by atoms with E-state index < -0.39 is 0 Å². The Labute approximate surface area is 109 Å². The van der Waals surface area contributed by atoms with Crippen LogP contribution >= 0.6 is 0 Å². The van der Waals surface area contributed by atoms with Gasteiger partial charge in [0.05, 0.1) is 5.41 Å². The number of carbonyl (C=O) groups is 1. The number of amides is 1. The van der Waals surface area contributed by atoms with Crippen molar-refractivity contribution in [3.8, 4) is 0 Å². The lowest BCUT2D eigenvalue weighted by molar-refractivity contribution is -0.127. The fourth-order valence-corrected chi connectivity index (χ4v) is 2.53. The van der Waals surface area contributed by atoms with Crippen LogP contribution < -0.4 is 5.43 Å². The Kier molecular flexibility index (Phi) is 3.20. The fourth-order valence-electron chi connectivity index (χ4n) is 2.53. The van der Waals surface area contributed by atoms with Crippen LogP contribution in [-0.4, -0.2) is 25.0 Å². The molecule has 1 amide bonds. The quantitative estimate of drug-likeness (QED) is 0.830. The Balaban J connectivity index is 2.37. The zero-order valence-electron chi connectivity index (χ0n) is 11.9. The number of benzene rings is 1. The molecule has 0 heterocycles. The van der Waals surface area contributed by atoms with Crippen LogP contribution in [0.25, 0.3) is 0 Å². The summed E-state index contributed by atoms with van der Waals surface area (Å²) in [4.78, 5) is 12.3. The van der Waals surface area contributed by atoms with Crippen molar-refractivity contribution in [2.45, 2.75) is 39.0 Å². The molecule has 0 aliphatic heterocycles. The monoisotopic (exact) mass is 246 g/mol. The van der Waals surface area contributed by atoms with Crippen LogP contribution in [0, 0.1) is 20.8 Å². The third kappa shape index (κ3) is 2.15. The number of aryl methyl sites for hydroxylation is 3. The molecule has 3 nitrogen and oxygen atoms in total. The van der Waals surface area contributed by atoms with Gasteiger partial charge in [0.1, 0.15) is 0 Å². The first-order chi connectivity index (χ1) is 8.36. The zero-order valence-corrected chi connectivity index (χ0v) is 11.9. The number of nitrogens with zero attached hydrogens (tertiary/aromatic N) is 1. The molecule has 1 saturated carbocycles. The van der Waals surface area contributed by atoms with Crippen molar-refractivity contribution < 1.29 is 4.79 Å². The average Bonchev–Trinajstić information content (AvgIpc) is 3.03. The summed E-state index contributed by atoms with van der Waals surface area (Å²) >= 11 is 0. The van der Waals surface area contributed by atoms with Crippen LogP contribution in [0.15, 0.2) is 12.1 Å². The van der Waals surface area contributed by atoms with Gasteiger partial charge in [0.25, 0.3) is 0 Å². The minimum absolute atomic E-state index is 0.124. The average molecular weight is 246 g/mol. The standard InChI is InChI=1S/C15H22N2O/c1-10-8-12(3)13(9-11(10)2)15(6-7-15)14(18)16-17(4)5/h8-9H,6-7H2,1-5H3,(H,16,18). The summed E-state index contributed by atoms with van der Waals surface area (Å²) in [7, 11) is 3.70. The van der Waals surface area contributed by atoms with Crippen molar-refractivity contribution in [1.29, 1.82) is 0 Å². The number of nitrogens with one attached hydrogen (secondary N) is 1. The van der Waals surface area contributed by atoms with Gasteiger partial charge in [-0.3, -0.25) is 10.2 Å². The molecule has 1 aliphatic carbocycles. The van der Waals surface area contributed by atoms with Crippen LogP contribution in [0.3, 0.4) is 0 Å². The van der Waals surface area contributed by atoms with Crippen molar-refractivity contribution >= 4 is 5.91 Å². The second kappa shape index (κ2) is 4.39. The maximum Gasteiger partial charge on any atom is 0.244 e. The van der Waals surface area contributed by atoms with Gasteiger partial charge >= 0.3 is 0 Å². The Morgan fingerprint density at radius 3 is 2.17 bits per heavy atom. The van der Waals surface area contributed by atoms with E-state index in [4.69, 9.17) is 0 Å². The molecule has 0 atom stereocenters. The van der Waals surface area contributed by atoms with Crippen molar-refractivity contribution in [3.05, 3.63) is 34.4 Å². The highest BCUT2D eigenvalue weighted by molar-refractivity contribution is 5.91. The van der Waals surface area contributed by atoms with E-state index in [1.165, 1.54) is 22.3 Å². The lowest BCUT2D eigenvalue weighted by atomic mass is 9.88. The van der Waals surface area contributed by atoms with Gasteiger partial charge in [-0.05, 0) is 55.9 Å². The highest BCUT2D eigenvalue weighted by atomic mass is 16.2. The number of hydrazine groups is 1. The maximum atomic E-state index is 12.3. The Hall–Kier alpha value is -1.35. The number of rotatable bonds is 3. The highest BCUT2D eigenvalue weighted by Gasteiger charge is 2.52. The van der Waals surface area contributed by atoms with Gasteiger partial charge in [0.15, 0.2) is 0 Å². The molecule has 1 aromatic rings. The molecule has 18 heavy (non-hydrogen) atoms. The summed E-state index contributed by atoms with van der Waals surface area (Å²) in [6.07, 6.45) is 1.91. The lowest BCUT2D eigenvalue weighted by Crippen LogP contribution is -2.43. The van der Waals surface area contributed by atoms with Crippen molar-refractivity contribution in [3.63, 3.8) is 0 Å². The number of carbonyl (C=O) groups excluding carboxylic acids is 1. The lowest BCUT2D eigenvalue weighted by Gasteiger charge is -2.22. The molecule has 0 spiro atoms. The number of hydrogen-bond donors (Lipinski definition) is 1. The molecular formula is C15H22N2O. The van der Waals surface area contributed by atoms with E-state index in [-0.39, 0.29) is 11.3 Å². The molecule has 0 saturated heterocycles. The van der Waals surface area contributed by atoms with E-state index in [9.17, 15) is 4.79 Å². The highest BCUT2D eigenvalue weighted by Crippen LogP contribution is 2.50. The van der Waals surface area contributed by atoms with Crippen molar-refractivity contribution in [2.75, 3.05) is 14.1 Å². The first kappa shape index (κ1) is 13.1. The smallest absolute Gasteiger partial charge is 0.244 e. The second-order valence-corrected chi connectivity index (χ2v) is 5.67. The third-order valence-electron chi connectivity index (χ3n) is 3.87.